The number of carbonyl (C=O) groups excluding carboxylic acids is 2. The summed E-state index contributed by atoms with van der Waals surface area (Å²) in [6.07, 6.45) is 3.79. The van der Waals surface area contributed by atoms with Gasteiger partial charge in [0.15, 0.2) is 0 Å². The summed E-state index contributed by atoms with van der Waals surface area (Å²) < 4.78 is 1.76. The molecular weight excluding hydrogens is 330 g/mol. The normalized spacial score (nSPS) is 19.4. The fourth-order valence-corrected chi connectivity index (χ4v) is 3.39. The van der Waals surface area contributed by atoms with Crippen LogP contribution >= 0.6 is 0 Å². The van der Waals surface area contributed by atoms with E-state index in [0.717, 1.165) is 17.7 Å². The van der Waals surface area contributed by atoms with Crippen LogP contribution in [0.25, 0.3) is 0 Å². The fourth-order valence-electron chi connectivity index (χ4n) is 3.39. The van der Waals surface area contributed by atoms with Crippen LogP contribution in [0.5, 0.6) is 0 Å². The number of benzene rings is 1. The molecule has 138 valence electrons. The maximum Gasteiger partial charge on any atom is 0.253 e. The molecule has 1 saturated heterocycles. The van der Waals surface area contributed by atoms with Crippen LogP contribution in [0, 0.1) is 12.8 Å². The number of rotatable bonds is 4. The minimum atomic E-state index is -0.150. The van der Waals surface area contributed by atoms with Crippen molar-refractivity contribution in [3.8, 4) is 0 Å². The summed E-state index contributed by atoms with van der Waals surface area (Å²) in [6.45, 7) is 3.28. The van der Waals surface area contributed by atoms with Gasteiger partial charge >= 0.3 is 0 Å². The molecule has 1 fully saturated rings. The van der Waals surface area contributed by atoms with Crippen LogP contribution in [0.15, 0.2) is 30.6 Å². The highest BCUT2D eigenvalue weighted by atomic mass is 16.2. The first-order valence-corrected chi connectivity index (χ1v) is 8.69. The summed E-state index contributed by atoms with van der Waals surface area (Å²) in [6, 6.07) is 5.39. The molecule has 26 heavy (non-hydrogen) atoms. The van der Waals surface area contributed by atoms with Crippen LogP contribution in [-0.4, -0.2) is 53.7 Å². The highest BCUT2D eigenvalue weighted by Gasteiger charge is 2.34. The van der Waals surface area contributed by atoms with E-state index in [2.05, 4.69) is 15.7 Å². The summed E-state index contributed by atoms with van der Waals surface area (Å²) >= 11 is 0. The monoisotopic (exact) mass is 355 g/mol. The Morgan fingerprint density at radius 1 is 1.31 bits per heavy atom. The molecule has 2 N–H and O–H groups in total. The molecule has 1 aliphatic rings. The molecule has 3 rings (SSSR count). The van der Waals surface area contributed by atoms with E-state index in [-0.39, 0.29) is 23.7 Å². The second-order valence-electron chi connectivity index (χ2n) is 7.04. The fraction of sp³-hybridized carbons (Fsp3) is 0.421. The quantitative estimate of drug-likeness (QED) is 0.868. The predicted molar refractivity (Wildman–Crippen MR) is 100 cm³/mol. The van der Waals surface area contributed by atoms with Crippen LogP contribution < -0.4 is 10.6 Å². The van der Waals surface area contributed by atoms with Crippen molar-refractivity contribution in [3.05, 3.63) is 47.3 Å². The summed E-state index contributed by atoms with van der Waals surface area (Å²) in [7, 11) is 5.33. The van der Waals surface area contributed by atoms with Crippen LogP contribution in [0.2, 0.25) is 0 Å². The van der Waals surface area contributed by atoms with Gasteiger partial charge < -0.3 is 15.5 Å². The zero-order valence-electron chi connectivity index (χ0n) is 15.6. The number of amides is 2. The highest BCUT2D eigenvalue weighted by molar-refractivity contribution is 5.97. The number of nitrogens with one attached hydrogen (secondary N) is 2. The van der Waals surface area contributed by atoms with Gasteiger partial charge in [0.2, 0.25) is 5.91 Å². The standard InChI is InChI=1S/C19H25N5O2/c1-12-7-14(5-6-15(12)19(26)23(2)3)22-18(25)17-10-20-9-16(17)13-8-21-24(4)11-13/h5-8,11,16-17,20H,9-10H2,1-4H3,(H,22,25)/t16-,17+/m1/s1. The second kappa shape index (κ2) is 7.29. The number of carbonyl (C=O) groups is 2. The van der Waals surface area contributed by atoms with Gasteiger partial charge in [0.05, 0.1) is 12.1 Å². The molecule has 1 aromatic carbocycles. The Morgan fingerprint density at radius 2 is 2.08 bits per heavy atom. The topological polar surface area (TPSA) is 79.3 Å². The molecule has 7 heteroatoms. The van der Waals surface area contributed by atoms with Crippen molar-refractivity contribution in [3.63, 3.8) is 0 Å². The van der Waals surface area contributed by atoms with Gasteiger partial charge in [-0.05, 0) is 36.2 Å². The Hall–Kier alpha value is -2.67. The molecule has 0 unspecified atom stereocenters. The SMILES string of the molecule is Cc1cc(NC(=O)[C@H]2CNC[C@@H]2c2cnn(C)c2)ccc1C(=O)N(C)C. The molecule has 0 spiro atoms. The first-order chi connectivity index (χ1) is 12.4. The van der Waals surface area contributed by atoms with Crippen molar-refractivity contribution in [2.24, 2.45) is 13.0 Å². The first-order valence-electron chi connectivity index (χ1n) is 8.69. The molecule has 2 atom stereocenters. The average molecular weight is 355 g/mol. The van der Waals surface area contributed by atoms with Crippen molar-refractivity contribution in [2.75, 3.05) is 32.5 Å². The van der Waals surface area contributed by atoms with Gasteiger partial charge in [-0.2, -0.15) is 5.10 Å². The number of anilines is 1. The molecule has 0 bridgehead atoms. The van der Waals surface area contributed by atoms with E-state index in [9.17, 15) is 9.59 Å². The van der Waals surface area contributed by atoms with Gasteiger partial charge in [0, 0.05) is 57.6 Å². The molecule has 1 aliphatic heterocycles. The Balaban J connectivity index is 1.73. The Labute approximate surface area is 153 Å². The molecule has 2 aromatic rings. The summed E-state index contributed by atoms with van der Waals surface area (Å²) in [5.41, 5.74) is 3.26. The molecule has 2 amide bonds. The average Bonchev–Trinajstić information content (AvgIpc) is 3.22. The van der Waals surface area contributed by atoms with Gasteiger partial charge in [0.25, 0.3) is 5.91 Å². The van der Waals surface area contributed by atoms with Crippen LogP contribution in [-0.2, 0) is 11.8 Å². The van der Waals surface area contributed by atoms with E-state index in [1.54, 1.807) is 35.8 Å². The maximum absolute atomic E-state index is 12.8. The summed E-state index contributed by atoms with van der Waals surface area (Å²) in [4.78, 5) is 26.5. The smallest absolute Gasteiger partial charge is 0.253 e. The van der Waals surface area contributed by atoms with Crippen LogP contribution in [0.3, 0.4) is 0 Å². The van der Waals surface area contributed by atoms with E-state index in [0.29, 0.717) is 17.8 Å². The number of hydrogen-bond donors (Lipinski definition) is 2. The molecule has 0 saturated carbocycles. The molecule has 2 heterocycles. The van der Waals surface area contributed by atoms with Crippen molar-refractivity contribution < 1.29 is 9.59 Å². The lowest BCUT2D eigenvalue weighted by atomic mass is 9.90. The third kappa shape index (κ3) is 3.62. The van der Waals surface area contributed by atoms with Crippen LogP contribution in [0.1, 0.15) is 27.4 Å². The third-order valence-electron chi connectivity index (χ3n) is 4.83. The minimum Gasteiger partial charge on any atom is -0.345 e. The van der Waals surface area contributed by atoms with Gasteiger partial charge in [0.1, 0.15) is 0 Å². The number of aromatic nitrogens is 2. The van der Waals surface area contributed by atoms with Crippen molar-refractivity contribution >= 4 is 17.5 Å². The van der Waals surface area contributed by atoms with Gasteiger partial charge in [-0.15, -0.1) is 0 Å². The lowest BCUT2D eigenvalue weighted by Crippen LogP contribution is -2.28. The van der Waals surface area contributed by atoms with Crippen molar-refractivity contribution in [1.29, 1.82) is 0 Å². The minimum absolute atomic E-state index is 0.0186. The zero-order valence-corrected chi connectivity index (χ0v) is 15.6. The van der Waals surface area contributed by atoms with Gasteiger partial charge in [-0.25, -0.2) is 0 Å². The van der Waals surface area contributed by atoms with Crippen molar-refractivity contribution in [1.82, 2.24) is 20.0 Å². The predicted octanol–water partition coefficient (Wildman–Crippen LogP) is 1.37. The lowest BCUT2D eigenvalue weighted by molar-refractivity contribution is -0.119. The Kier molecular flexibility index (Phi) is 5.08. The lowest BCUT2D eigenvalue weighted by Gasteiger charge is -2.18. The van der Waals surface area contributed by atoms with E-state index in [1.165, 1.54) is 0 Å². The first kappa shape index (κ1) is 18.1. The molecule has 0 radical (unpaired) electrons. The molecule has 0 aliphatic carbocycles. The van der Waals surface area contributed by atoms with E-state index in [4.69, 9.17) is 0 Å². The third-order valence-corrected chi connectivity index (χ3v) is 4.83. The van der Waals surface area contributed by atoms with Gasteiger partial charge in [-0.1, -0.05) is 0 Å². The molecule has 7 nitrogen and oxygen atoms in total. The maximum atomic E-state index is 12.8. The summed E-state index contributed by atoms with van der Waals surface area (Å²) in [5.74, 6) is -0.103. The van der Waals surface area contributed by atoms with Gasteiger partial charge in [-0.3, -0.25) is 14.3 Å². The molecule has 1 aromatic heterocycles. The van der Waals surface area contributed by atoms with Crippen molar-refractivity contribution in [2.45, 2.75) is 12.8 Å². The number of aryl methyl sites for hydroxylation is 2. The van der Waals surface area contributed by atoms with E-state index < -0.39 is 0 Å². The zero-order chi connectivity index (χ0) is 18.8. The van der Waals surface area contributed by atoms with E-state index >= 15 is 0 Å². The van der Waals surface area contributed by atoms with Crippen LogP contribution in [0.4, 0.5) is 5.69 Å². The Bertz CT molecular complexity index is 827. The molecular formula is C19H25N5O2. The van der Waals surface area contributed by atoms with E-state index in [1.807, 2.05) is 32.4 Å². The number of hydrogen-bond acceptors (Lipinski definition) is 4. The largest absolute Gasteiger partial charge is 0.345 e. The second-order valence-corrected chi connectivity index (χ2v) is 7.04. The highest BCUT2D eigenvalue weighted by Crippen LogP contribution is 2.29. The Morgan fingerprint density at radius 3 is 2.69 bits per heavy atom. The summed E-state index contributed by atoms with van der Waals surface area (Å²) in [5, 5.41) is 10.5. The number of nitrogens with zero attached hydrogens (tertiary/aromatic N) is 3.